The smallest absolute Gasteiger partial charge is 0.282 e. The van der Waals surface area contributed by atoms with Gasteiger partial charge in [-0.1, -0.05) is 24.3 Å². The van der Waals surface area contributed by atoms with Crippen molar-refractivity contribution in [1.29, 1.82) is 0 Å². The Labute approximate surface area is 175 Å². The van der Waals surface area contributed by atoms with E-state index in [-0.39, 0.29) is 36.4 Å². The number of nitrogens with zero attached hydrogens (tertiary/aromatic N) is 2. The number of carbonyl (C=O) groups excluding carboxylic acids is 2. The quantitative estimate of drug-likeness (QED) is 0.555. The predicted octanol–water partition coefficient (Wildman–Crippen LogP) is 3.47. The normalized spacial score (nSPS) is 15.6. The highest BCUT2D eigenvalue weighted by molar-refractivity contribution is 6.01. The minimum Gasteiger partial charge on any atom is -0.376 e. The van der Waals surface area contributed by atoms with Gasteiger partial charge in [0.25, 0.3) is 11.6 Å². The van der Waals surface area contributed by atoms with E-state index in [0.717, 1.165) is 24.0 Å². The van der Waals surface area contributed by atoms with Crippen molar-refractivity contribution in [3.05, 3.63) is 69.3 Å². The molecule has 0 unspecified atom stereocenters. The first-order valence-electron chi connectivity index (χ1n) is 9.87. The Morgan fingerprint density at radius 3 is 2.67 bits per heavy atom. The molecule has 8 heteroatoms. The third kappa shape index (κ3) is 5.01. The number of hydrogen-bond acceptors (Lipinski definition) is 5. The van der Waals surface area contributed by atoms with Crippen molar-refractivity contribution in [3.63, 3.8) is 0 Å². The maximum atomic E-state index is 13.2. The van der Waals surface area contributed by atoms with E-state index >= 15 is 0 Å². The van der Waals surface area contributed by atoms with Crippen molar-refractivity contribution >= 4 is 23.2 Å². The van der Waals surface area contributed by atoms with E-state index in [4.69, 9.17) is 4.74 Å². The lowest BCUT2D eigenvalue weighted by Gasteiger charge is -2.25. The van der Waals surface area contributed by atoms with Crippen LogP contribution in [0.1, 0.15) is 34.3 Å². The number of nitro benzene ring substituents is 1. The number of para-hydroxylation sites is 1. The molecule has 1 aliphatic heterocycles. The van der Waals surface area contributed by atoms with Gasteiger partial charge in [-0.25, -0.2) is 0 Å². The van der Waals surface area contributed by atoms with Gasteiger partial charge in [0, 0.05) is 24.9 Å². The van der Waals surface area contributed by atoms with E-state index < -0.39 is 10.8 Å². The number of benzene rings is 2. The van der Waals surface area contributed by atoms with Crippen LogP contribution in [0.15, 0.2) is 42.5 Å². The molecule has 1 saturated heterocycles. The van der Waals surface area contributed by atoms with Crippen LogP contribution in [0.5, 0.6) is 0 Å². The SMILES string of the molecule is Cc1cccc(NC(=O)CN(C[C@H]2CCCO2)C(=O)c2ccccc2[N+](=O)[O-])c1C. The van der Waals surface area contributed by atoms with Gasteiger partial charge < -0.3 is 15.0 Å². The second kappa shape index (κ2) is 9.49. The lowest BCUT2D eigenvalue weighted by molar-refractivity contribution is -0.385. The molecular weight excluding hydrogens is 386 g/mol. The highest BCUT2D eigenvalue weighted by Crippen LogP contribution is 2.22. The van der Waals surface area contributed by atoms with Crippen molar-refractivity contribution in [3.8, 4) is 0 Å². The van der Waals surface area contributed by atoms with Gasteiger partial charge in [0.1, 0.15) is 12.1 Å². The van der Waals surface area contributed by atoms with Gasteiger partial charge in [0.15, 0.2) is 0 Å². The van der Waals surface area contributed by atoms with E-state index in [9.17, 15) is 19.7 Å². The first-order valence-corrected chi connectivity index (χ1v) is 9.87. The summed E-state index contributed by atoms with van der Waals surface area (Å²) in [7, 11) is 0. The molecule has 1 heterocycles. The van der Waals surface area contributed by atoms with E-state index in [1.807, 2.05) is 26.0 Å². The maximum Gasteiger partial charge on any atom is 0.282 e. The van der Waals surface area contributed by atoms with E-state index in [1.165, 1.54) is 23.1 Å². The number of aryl methyl sites for hydroxylation is 1. The molecule has 0 aliphatic carbocycles. The molecule has 2 aromatic rings. The molecule has 1 aliphatic rings. The van der Waals surface area contributed by atoms with Crippen LogP contribution in [-0.2, 0) is 9.53 Å². The molecule has 8 nitrogen and oxygen atoms in total. The number of nitrogens with one attached hydrogen (secondary N) is 1. The summed E-state index contributed by atoms with van der Waals surface area (Å²) in [4.78, 5) is 38.0. The van der Waals surface area contributed by atoms with Crippen molar-refractivity contribution in [2.75, 3.05) is 25.0 Å². The average molecular weight is 411 g/mol. The minimum atomic E-state index is -0.590. The summed E-state index contributed by atoms with van der Waals surface area (Å²) in [6, 6.07) is 11.4. The van der Waals surface area contributed by atoms with Crippen LogP contribution in [0, 0.1) is 24.0 Å². The lowest BCUT2D eigenvalue weighted by Crippen LogP contribution is -2.42. The molecule has 0 bridgehead atoms. The molecule has 2 aromatic carbocycles. The zero-order valence-corrected chi connectivity index (χ0v) is 17.1. The number of ether oxygens (including phenoxy) is 1. The second-order valence-electron chi connectivity index (χ2n) is 7.39. The van der Waals surface area contributed by atoms with Crippen LogP contribution >= 0.6 is 0 Å². The van der Waals surface area contributed by atoms with Crippen LogP contribution in [0.3, 0.4) is 0 Å². The fourth-order valence-corrected chi connectivity index (χ4v) is 3.49. The van der Waals surface area contributed by atoms with Gasteiger partial charge >= 0.3 is 0 Å². The van der Waals surface area contributed by atoms with Crippen LogP contribution in [0.2, 0.25) is 0 Å². The standard InChI is InChI=1S/C22H25N3O5/c1-15-7-5-10-19(16(15)2)23-21(26)14-24(13-17-8-6-12-30-17)22(27)18-9-3-4-11-20(18)25(28)29/h3-5,7,9-11,17H,6,8,12-14H2,1-2H3,(H,23,26)/t17-/m1/s1. The first kappa shape index (κ1) is 21.4. The summed E-state index contributed by atoms with van der Waals surface area (Å²) in [5.74, 6) is -0.928. The number of amides is 2. The molecule has 0 spiro atoms. The molecule has 0 aromatic heterocycles. The molecule has 2 amide bonds. The van der Waals surface area contributed by atoms with E-state index in [1.54, 1.807) is 12.1 Å². The van der Waals surface area contributed by atoms with Gasteiger partial charge in [0.2, 0.25) is 5.91 Å². The van der Waals surface area contributed by atoms with Gasteiger partial charge in [0.05, 0.1) is 11.0 Å². The third-order valence-electron chi connectivity index (χ3n) is 5.28. The number of anilines is 1. The van der Waals surface area contributed by atoms with E-state index in [2.05, 4.69) is 5.32 Å². The van der Waals surface area contributed by atoms with E-state index in [0.29, 0.717) is 12.3 Å². The second-order valence-corrected chi connectivity index (χ2v) is 7.39. The molecule has 158 valence electrons. The Bertz CT molecular complexity index is 954. The van der Waals surface area contributed by atoms with Crippen LogP contribution in [0.4, 0.5) is 11.4 Å². The summed E-state index contributed by atoms with van der Waals surface area (Å²) >= 11 is 0. The monoisotopic (exact) mass is 411 g/mol. The zero-order chi connectivity index (χ0) is 21.7. The van der Waals surface area contributed by atoms with Gasteiger partial charge in [-0.05, 0) is 49.9 Å². The number of hydrogen-bond donors (Lipinski definition) is 1. The van der Waals surface area contributed by atoms with Crippen molar-refractivity contribution in [1.82, 2.24) is 4.90 Å². The molecule has 1 fully saturated rings. The Kier molecular flexibility index (Phi) is 6.79. The molecule has 1 N–H and O–H groups in total. The maximum absolute atomic E-state index is 13.2. The van der Waals surface area contributed by atoms with Gasteiger partial charge in [-0.2, -0.15) is 0 Å². The summed E-state index contributed by atoms with van der Waals surface area (Å²) in [5, 5.41) is 14.2. The van der Waals surface area contributed by atoms with Crippen LogP contribution in [0.25, 0.3) is 0 Å². The summed E-state index contributed by atoms with van der Waals surface area (Å²) < 4.78 is 5.62. The molecule has 1 atom stereocenters. The topological polar surface area (TPSA) is 102 Å². The van der Waals surface area contributed by atoms with Gasteiger partial charge in [-0.15, -0.1) is 0 Å². The largest absolute Gasteiger partial charge is 0.376 e. The highest BCUT2D eigenvalue weighted by Gasteiger charge is 2.29. The van der Waals surface area contributed by atoms with Crippen molar-refractivity contribution in [2.45, 2.75) is 32.8 Å². The van der Waals surface area contributed by atoms with Gasteiger partial charge in [-0.3, -0.25) is 19.7 Å². The summed E-state index contributed by atoms with van der Waals surface area (Å²) in [5.41, 5.74) is 2.34. The number of rotatable bonds is 7. The molecule has 0 radical (unpaired) electrons. The third-order valence-corrected chi connectivity index (χ3v) is 5.28. The minimum absolute atomic E-state index is 0.0416. The Hall–Kier alpha value is -3.26. The Morgan fingerprint density at radius 1 is 1.20 bits per heavy atom. The highest BCUT2D eigenvalue weighted by atomic mass is 16.6. The first-order chi connectivity index (χ1) is 14.4. The van der Waals surface area contributed by atoms with Crippen LogP contribution < -0.4 is 5.32 Å². The molecule has 3 rings (SSSR count). The Balaban J connectivity index is 1.81. The van der Waals surface area contributed by atoms with Crippen molar-refractivity contribution < 1.29 is 19.2 Å². The average Bonchev–Trinajstić information content (AvgIpc) is 3.23. The fourth-order valence-electron chi connectivity index (χ4n) is 3.49. The lowest BCUT2D eigenvalue weighted by atomic mass is 10.1. The summed E-state index contributed by atoms with van der Waals surface area (Å²) in [6.45, 7) is 4.44. The zero-order valence-electron chi connectivity index (χ0n) is 17.1. The number of nitro groups is 1. The molecule has 30 heavy (non-hydrogen) atoms. The van der Waals surface area contributed by atoms with Crippen LogP contribution in [-0.4, -0.2) is 47.4 Å². The fraction of sp³-hybridized carbons (Fsp3) is 0.364. The number of carbonyl (C=O) groups is 2. The predicted molar refractivity (Wildman–Crippen MR) is 113 cm³/mol. The Morgan fingerprint density at radius 2 is 1.97 bits per heavy atom. The summed E-state index contributed by atoms with van der Waals surface area (Å²) in [6.07, 6.45) is 1.47. The van der Waals surface area contributed by atoms with Crippen molar-refractivity contribution in [2.24, 2.45) is 0 Å². The molecule has 0 saturated carbocycles. The molecular formula is C22H25N3O5.